The minimum atomic E-state index is -0.368. The summed E-state index contributed by atoms with van der Waals surface area (Å²) in [6.07, 6.45) is 0.927. The first-order chi connectivity index (χ1) is 13.6. The first kappa shape index (κ1) is 18.9. The van der Waals surface area contributed by atoms with Crippen LogP contribution in [0.25, 0.3) is 5.69 Å². The van der Waals surface area contributed by atoms with Crippen LogP contribution in [0, 0.1) is 5.82 Å². The second kappa shape index (κ2) is 8.32. The Kier molecular flexibility index (Phi) is 5.63. The Morgan fingerprint density at radius 1 is 1.29 bits per heavy atom. The standard InChI is InChI=1S/C19H18FN5OS2/c1-13-9-10-24(16-7-2-3-8-17(16)28-13)18(26)12-27-19-21-22-23-25(19)15-6-4-5-14(20)11-15/h2-8,11,13H,9-10,12H2,1H3. The number of hydrogen-bond donors (Lipinski definition) is 0. The van der Waals surface area contributed by atoms with Crippen molar-refractivity contribution in [3.8, 4) is 5.69 Å². The molecular weight excluding hydrogens is 397 g/mol. The maximum absolute atomic E-state index is 13.5. The van der Waals surface area contributed by atoms with E-state index in [1.807, 2.05) is 23.1 Å². The Balaban J connectivity index is 1.51. The molecule has 0 bridgehead atoms. The van der Waals surface area contributed by atoms with E-state index < -0.39 is 0 Å². The van der Waals surface area contributed by atoms with Crippen molar-refractivity contribution in [3.63, 3.8) is 0 Å². The van der Waals surface area contributed by atoms with Gasteiger partial charge in [0.05, 0.1) is 17.1 Å². The van der Waals surface area contributed by atoms with E-state index in [1.54, 1.807) is 23.9 Å². The van der Waals surface area contributed by atoms with Gasteiger partial charge in [0.25, 0.3) is 0 Å². The van der Waals surface area contributed by atoms with Gasteiger partial charge < -0.3 is 4.90 Å². The van der Waals surface area contributed by atoms with Gasteiger partial charge in [0.2, 0.25) is 11.1 Å². The van der Waals surface area contributed by atoms with Gasteiger partial charge in [0.15, 0.2) is 0 Å². The summed E-state index contributed by atoms with van der Waals surface area (Å²) in [5.41, 5.74) is 1.47. The highest BCUT2D eigenvalue weighted by molar-refractivity contribution is 8.00. The summed E-state index contributed by atoms with van der Waals surface area (Å²) in [7, 11) is 0. The number of benzene rings is 2. The summed E-state index contributed by atoms with van der Waals surface area (Å²) >= 11 is 3.04. The Morgan fingerprint density at radius 2 is 2.14 bits per heavy atom. The van der Waals surface area contributed by atoms with Crippen molar-refractivity contribution in [1.82, 2.24) is 20.2 Å². The van der Waals surface area contributed by atoms with Crippen molar-refractivity contribution >= 4 is 35.1 Å². The molecule has 144 valence electrons. The third kappa shape index (κ3) is 4.05. The molecule has 1 amide bonds. The minimum absolute atomic E-state index is 0.000872. The van der Waals surface area contributed by atoms with E-state index in [-0.39, 0.29) is 17.5 Å². The smallest absolute Gasteiger partial charge is 0.237 e. The molecule has 28 heavy (non-hydrogen) atoms. The number of rotatable bonds is 4. The lowest BCUT2D eigenvalue weighted by Crippen LogP contribution is -2.33. The van der Waals surface area contributed by atoms with E-state index in [0.717, 1.165) is 17.0 Å². The van der Waals surface area contributed by atoms with Crippen molar-refractivity contribution in [2.45, 2.75) is 28.6 Å². The molecule has 1 aliphatic heterocycles. The molecule has 6 nitrogen and oxygen atoms in total. The van der Waals surface area contributed by atoms with Gasteiger partial charge in [-0.1, -0.05) is 36.9 Å². The summed E-state index contributed by atoms with van der Waals surface area (Å²) in [6, 6.07) is 14.0. The van der Waals surface area contributed by atoms with Gasteiger partial charge in [-0.3, -0.25) is 4.79 Å². The topological polar surface area (TPSA) is 63.9 Å². The largest absolute Gasteiger partial charge is 0.311 e. The molecule has 0 aliphatic carbocycles. The molecule has 1 unspecified atom stereocenters. The number of thioether (sulfide) groups is 2. The Morgan fingerprint density at radius 3 is 3.00 bits per heavy atom. The van der Waals surface area contributed by atoms with Crippen molar-refractivity contribution in [3.05, 3.63) is 54.3 Å². The van der Waals surface area contributed by atoms with Gasteiger partial charge in [-0.2, -0.15) is 4.68 Å². The number of carbonyl (C=O) groups excluding carboxylic acids is 1. The summed E-state index contributed by atoms with van der Waals surface area (Å²) in [5, 5.41) is 12.5. The van der Waals surface area contributed by atoms with Crippen LogP contribution in [0.1, 0.15) is 13.3 Å². The van der Waals surface area contributed by atoms with Gasteiger partial charge in [-0.25, -0.2) is 4.39 Å². The van der Waals surface area contributed by atoms with Gasteiger partial charge in [-0.05, 0) is 47.2 Å². The average Bonchev–Trinajstić information content (AvgIpc) is 3.09. The maximum atomic E-state index is 13.5. The Hall–Kier alpha value is -2.39. The molecule has 1 atom stereocenters. The molecule has 0 radical (unpaired) electrons. The molecule has 0 saturated heterocycles. The maximum Gasteiger partial charge on any atom is 0.237 e. The zero-order chi connectivity index (χ0) is 19.5. The van der Waals surface area contributed by atoms with Crippen molar-refractivity contribution in [1.29, 1.82) is 0 Å². The van der Waals surface area contributed by atoms with Crippen LogP contribution in [0.5, 0.6) is 0 Å². The number of nitrogens with zero attached hydrogens (tertiary/aromatic N) is 5. The Bertz CT molecular complexity index is 996. The quantitative estimate of drug-likeness (QED) is 0.604. The molecule has 9 heteroatoms. The zero-order valence-electron chi connectivity index (χ0n) is 15.2. The highest BCUT2D eigenvalue weighted by Crippen LogP contribution is 2.37. The van der Waals surface area contributed by atoms with Crippen LogP contribution in [0.4, 0.5) is 10.1 Å². The first-order valence-electron chi connectivity index (χ1n) is 8.85. The fourth-order valence-electron chi connectivity index (χ4n) is 2.99. The average molecular weight is 416 g/mol. The zero-order valence-corrected chi connectivity index (χ0v) is 16.8. The number of halogens is 1. The minimum Gasteiger partial charge on any atom is -0.311 e. The number of aromatic nitrogens is 4. The normalized spacial score (nSPS) is 16.5. The van der Waals surface area contributed by atoms with E-state index in [9.17, 15) is 9.18 Å². The van der Waals surface area contributed by atoms with Gasteiger partial charge in [0.1, 0.15) is 5.82 Å². The van der Waals surface area contributed by atoms with Crippen molar-refractivity contribution < 1.29 is 9.18 Å². The fraction of sp³-hybridized carbons (Fsp3) is 0.263. The SMILES string of the molecule is CC1CCN(C(=O)CSc2nnnn2-c2cccc(F)c2)c2ccccc2S1. The van der Waals surface area contributed by atoms with Gasteiger partial charge >= 0.3 is 0 Å². The van der Waals surface area contributed by atoms with Crippen LogP contribution >= 0.6 is 23.5 Å². The van der Waals surface area contributed by atoms with Crippen LogP contribution in [0.15, 0.2) is 58.6 Å². The number of anilines is 1. The van der Waals surface area contributed by atoms with Crippen LogP contribution in [0.2, 0.25) is 0 Å². The lowest BCUT2D eigenvalue weighted by molar-refractivity contribution is -0.116. The second-order valence-electron chi connectivity index (χ2n) is 6.37. The van der Waals surface area contributed by atoms with E-state index in [4.69, 9.17) is 0 Å². The number of amides is 1. The predicted molar refractivity (Wildman–Crippen MR) is 109 cm³/mol. The van der Waals surface area contributed by atoms with E-state index >= 15 is 0 Å². The van der Waals surface area contributed by atoms with Crippen LogP contribution in [0.3, 0.4) is 0 Å². The molecular formula is C19H18FN5OS2. The highest BCUT2D eigenvalue weighted by Gasteiger charge is 2.24. The molecule has 4 rings (SSSR count). The lowest BCUT2D eigenvalue weighted by Gasteiger charge is -2.22. The summed E-state index contributed by atoms with van der Waals surface area (Å²) in [5.74, 6) is -0.169. The summed E-state index contributed by atoms with van der Waals surface area (Å²) < 4.78 is 14.9. The number of hydrogen-bond acceptors (Lipinski definition) is 6. The van der Waals surface area contributed by atoms with Crippen LogP contribution in [-0.2, 0) is 4.79 Å². The predicted octanol–water partition coefficient (Wildman–Crippen LogP) is 3.81. The second-order valence-corrected chi connectivity index (χ2v) is 8.79. The van der Waals surface area contributed by atoms with Gasteiger partial charge in [0, 0.05) is 16.7 Å². The molecule has 0 N–H and O–H groups in total. The molecule has 1 aliphatic rings. The fourth-order valence-corrected chi connectivity index (χ4v) is 4.87. The molecule has 0 saturated carbocycles. The van der Waals surface area contributed by atoms with Crippen molar-refractivity contribution in [2.75, 3.05) is 17.2 Å². The highest BCUT2D eigenvalue weighted by atomic mass is 32.2. The van der Waals surface area contributed by atoms with E-state index in [1.165, 1.54) is 28.6 Å². The monoisotopic (exact) mass is 415 g/mol. The summed E-state index contributed by atoms with van der Waals surface area (Å²) in [4.78, 5) is 15.9. The Labute approximate surface area is 170 Å². The van der Waals surface area contributed by atoms with Gasteiger partial charge in [-0.15, -0.1) is 16.9 Å². The number of tetrazole rings is 1. The third-order valence-electron chi connectivity index (χ3n) is 4.36. The third-order valence-corrected chi connectivity index (χ3v) is 6.50. The number of fused-ring (bicyclic) bond motifs is 1. The number of carbonyl (C=O) groups is 1. The van der Waals surface area contributed by atoms with E-state index in [2.05, 4.69) is 28.5 Å². The molecule has 2 heterocycles. The molecule has 3 aromatic rings. The van der Waals surface area contributed by atoms with E-state index in [0.29, 0.717) is 22.6 Å². The first-order valence-corrected chi connectivity index (χ1v) is 10.7. The molecule has 1 aromatic heterocycles. The lowest BCUT2D eigenvalue weighted by atomic mass is 10.2. The summed E-state index contributed by atoms with van der Waals surface area (Å²) in [6.45, 7) is 2.86. The molecule has 2 aromatic carbocycles. The molecule has 0 fully saturated rings. The van der Waals surface area contributed by atoms with Crippen LogP contribution in [-0.4, -0.2) is 43.7 Å². The van der Waals surface area contributed by atoms with Crippen molar-refractivity contribution in [2.24, 2.45) is 0 Å². The number of para-hydroxylation sites is 1. The van der Waals surface area contributed by atoms with Crippen LogP contribution < -0.4 is 4.90 Å². The molecule has 0 spiro atoms.